The smallest absolute Gasteiger partial charge is 0.131 e. The number of piperidine rings is 3. The summed E-state index contributed by atoms with van der Waals surface area (Å²) in [6.45, 7) is 7.34. The van der Waals surface area contributed by atoms with Crippen molar-refractivity contribution >= 4 is 32.3 Å². The average molecular weight is 485 g/mol. The zero-order chi connectivity index (χ0) is 25.0. The highest BCUT2D eigenvalue weighted by molar-refractivity contribution is 6.02. The fourth-order valence-corrected chi connectivity index (χ4v) is 7.69. The highest BCUT2D eigenvalue weighted by Gasteiger charge is 2.54. The van der Waals surface area contributed by atoms with E-state index >= 15 is 0 Å². The lowest BCUT2D eigenvalue weighted by Gasteiger charge is -2.58. The summed E-state index contributed by atoms with van der Waals surface area (Å²) in [4.78, 5) is 0. The van der Waals surface area contributed by atoms with Gasteiger partial charge in [0.25, 0.3) is 0 Å². The molecule has 0 radical (unpaired) electrons. The van der Waals surface area contributed by atoms with Crippen molar-refractivity contribution < 1.29 is 9.59 Å². The molecule has 3 heterocycles. The number of aliphatic hydroxyl groups is 1. The maximum absolute atomic E-state index is 12.2. The van der Waals surface area contributed by atoms with Crippen LogP contribution in [0.5, 0.6) is 0 Å². The minimum atomic E-state index is -0.499. The third-order valence-electron chi connectivity index (χ3n) is 9.54. The van der Waals surface area contributed by atoms with Gasteiger partial charge in [0.15, 0.2) is 0 Å². The lowest BCUT2D eigenvalue weighted by atomic mass is 9.70. The quantitative estimate of drug-likeness (QED) is 0.153. The molecule has 184 valence electrons. The van der Waals surface area contributed by atoms with E-state index in [1.54, 1.807) is 0 Å². The number of nitrogens with zero attached hydrogens (tertiary/aromatic N) is 1. The summed E-state index contributed by atoms with van der Waals surface area (Å²) in [5, 5.41) is 19.8. The normalized spacial score (nSPS) is 26.0. The molecule has 1 N–H and O–H groups in total. The Morgan fingerprint density at radius 2 is 1.43 bits per heavy atom. The molecule has 0 amide bonds. The molecule has 0 spiro atoms. The van der Waals surface area contributed by atoms with Crippen molar-refractivity contribution in [2.45, 2.75) is 31.5 Å². The summed E-state index contributed by atoms with van der Waals surface area (Å²) < 4.78 is 0.926. The first-order valence-corrected chi connectivity index (χ1v) is 13.7. The number of benzene rings is 5. The predicted molar refractivity (Wildman–Crippen MR) is 154 cm³/mol. The fraction of sp³-hybridized carbons (Fsp3) is 0.257. The summed E-state index contributed by atoms with van der Waals surface area (Å²) in [5.41, 5.74) is 2.50. The Labute approximate surface area is 219 Å². The Morgan fingerprint density at radius 1 is 0.811 bits per heavy atom. The molecule has 3 saturated heterocycles. The van der Waals surface area contributed by atoms with Crippen LogP contribution in [0, 0.1) is 11.8 Å². The van der Waals surface area contributed by atoms with Crippen molar-refractivity contribution in [3.8, 4) is 0 Å². The second-order valence-electron chi connectivity index (χ2n) is 11.3. The molecule has 5 aromatic carbocycles. The predicted octanol–water partition coefficient (Wildman–Crippen LogP) is 7.79. The highest BCUT2D eigenvalue weighted by Crippen LogP contribution is 2.49. The van der Waals surface area contributed by atoms with Crippen molar-refractivity contribution in [2.24, 2.45) is 11.8 Å². The summed E-state index contributed by atoms with van der Waals surface area (Å²) in [6.07, 6.45) is 3.95. The summed E-state index contributed by atoms with van der Waals surface area (Å²) in [5.74, 6) is 1.11. The summed E-state index contributed by atoms with van der Waals surface area (Å²) >= 11 is 0. The van der Waals surface area contributed by atoms with Crippen LogP contribution in [0.25, 0.3) is 32.3 Å². The van der Waals surface area contributed by atoms with Crippen LogP contribution in [0.3, 0.4) is 0 Å². The minimum Gasteiger partial charge on any atom is -0.382 e. The molecule has 0 unspecified atom stereocenters. The van der Waals surface area contributed by atoms with Crippen LogP contribution in [0.1, 0.15) is 30.1 Å². The SMILES string of the molecule is C=C[C@@H]1C[N@+]2(Cc3c4ccccc4cc4ccccc34)CC[C@H]1C[C@@H]2[C@H](O)c1cccc2ccccc12. The van der Waals surface area contributed by atoms with Gasteiger partial charge in [0, 0.05) is 24.3 Å². The van der Waals surface area contributed by atoms with Gasteiger partial charge in [-0.2, -0.15) is 0 Å². The molecule has 2 bridgehead atoms. The van der Waals surface area contributed by atoms with Gasteiger partial charge in [0.05, 0.1) is 13.1 Å². The Morgan fingerprint density at radius 3 is 2.14 bits per heavy atom. The minimum absolute atomic E-state index is 0.165. The van der Waals surface area contributed by atoms with E-state index in [4.69, 9.17) is 0 Å². The molecule has 3 aliphatic rings. The molecule has 5 atom stereocenters. The number of quaternary nitrogens is 1. The van der Waals surface area contributed by atoms with E-state index in [1.807, 2.05) is 0 Å². The molecule has 3 aliphatic heterocycles. The van der Waals surface area contributed by atoms with Gasteiger partial charge in [-0.15, -0.1) is 6.58 Å². The number of hydrogen-bond acceptors (Lipinski definition) is 1. The number of aliphatic hydroxyl groups excluding tert-OH is 1. The first-order chi connectivity index (χ1) is 18.2. The standard InChI is InChI=1S/C35H34NO/c1-2-24-22-36(23-33-30-15-7-4-11-27(30)20-28-12-5-8-16-31(28)33)19-18-26(24)21-34(36)35(37)32-17-9-13-25-10-3-6-14-29(25)32/h2-17,20,24,26,34-35,37H,1,18-19,21-23H2/q+1/t24-,26+,34-,35-,36+/m1/s1. The first-order valence-electron chi connectivity index (χ1n) is 13.7. The molecule has 2 heteroatoms. The Kier molecular flexibility index (Phi) is 5.42. The van der Waals surface area contributed by atoms with Crippen LogP contribution in [0.2, 0.25) is 0 Å². The third-order valence-corrected chi connectivity index (χ3v) is 9.54. The second-order valence-corrected chi connectivity index (χ2v) is 11.3. The number of fused-ring (bicyclic) bond motifs is 6. The average Bonchev–Trinajstić information content (AvgIpc) is 2.96. The van der Waals surface area contributed by atoms with Gasteiger partial charge in [-0.3, -0.25) is 0 Å². The monoisotopic (exact) mass is 484 g/mol. The zero-order valence-electron chi connectivity index (χ0n) is 21.3. The Balaban J connectivity index is 1.39. The van der Waals surface area contributed by atoms with Crippen molar-refractivity contribution in [2.75, 3.05) is 13.1 Å². The van der Waals surface area contributed by atoms with Crippen molar-refractivity contribution in [1.82, 2.24) is 0 Å². The van der Waals surface area contributed by atoms with Crippen LogP contribution < -0.4 is 0 Å². The van der Waals surface area contributed by atoms with Gasteiger partial charge in [0.1, 0.15) is 18.7 Å². The van der Waals surface area contributed by atoms with Gasteiger partial charge < -0.3 is 9.59 Å². The van der Waals surface area contributed by atoms with Crippen molar-refractivity contribution in [3.05, 3.63) is 121 Å². The lowest BCUT2D eigenvalue weighted by molar-refractivity contribution is -0.984. The van der Waals surface area contributed by atoms with Gasteiger partial charge in [-0.05, 0) is 49.9 Å². The van der Waals surface area contributed by atoms with E-state index in [0.29, 0.717) is 11.8 Å². The van der Waals surface area contributed by atoms with E-state index in [0.717, 1.165) is 36.1 Å². The molecule has 8 rings (SSSR count). The maximum atomic E-state index is 12.2. The van der Waals surface area contributed by atoms with E-state index in [1.165, 1.54) is 44.3 Å². The van der Waals surface area contributed by atoms with Crippen LogP contribution in [-0.2, 0) is 6.54 Å². The Bertz CT molecular complexity index is 1580. The lowest BCUT2D eigenvalue weighted by Crippen LogP contribution is -2.67. The van der Waals surface area contributed by atoms with E-state index < -0.39 is 6.10 Å². The number of rotatable bonds is 5. The molecule has 3 fully saturated rings. The van der Waals surface area contributed by atoms with Gasteiger partial charge in [-0.25, -0.2) is 0 Å². The van der Waals surface area contributed by atoms with Gasteiger partial charge in [0.2, 0.25) is 0 Å². The first kappa shape index (κ1) is 22.7. The molecular formula is C35H34NO+. The van der Waals surface area contributed by atoms with Crippen molar-refractivity contribution in [1.29, 1.82) is 0 Å². The van der Waals surface area contributed by atoms with E-state index in [9.17, 15) is 5.11 Å². The number of hydrogen-bond donors (Lipinski definition) is 1. The van der Waals surface area contributed by atoms with Crippen molar-refractivity contribution in [3.63, 3.8) is 0 Å². The van der Waals surface area contributed by atoms with Crippen LogP contribution >= 0.6 is 0 Å². The van der Waals surface area contributed by atoms with E-state index in [-0.39, 0.29) is 6.04 Å². The molecule has 5 aromatic rings. The van der Waals surface area contributed by atoms with E-state index in [2.05, 4.69) is 110 Å². The molecule has 37 heavy (non-hydrogen) atoms. The maximum Gasteiger partial charge on any atom is 0.131 e. The molecule has 0 aromatic heterocycles. The third kappa shape index (κ3) is 3.62. The van der Waals surface area contributed by atoms with Crippen LogP contribution in [-0.4, -0.2) is 28.7 Å². The summed E-state index contributed by atoms with van der Waals surface area (Å²) in [6, 6.07) is 35.0. The van der Waals surface area contributed by atoms with Crippen LogP contribution in [0.15, 0.2) is 110 Å². The Hall–Kier alpha value is -3.46. The summed E-state index contributed by atoms with van der Waals surface area (Å²) in [7, 11) is 0. The van der Waals surface area contributed by atoms with Gasteiger partial charge in [-0.1, -0.05) is 97.1 Å². The molecule has 0 saturated carbocycles. The molecule has 2 nitrogen and oxygen atoms in total. The largest absolute Gasteiger partial charge is 0.382 e. The molecular weight excluding hydrogens is 450 g/mol. The van der Waals surface area contributed by atoms with Crippen LogP contribution in [0.4, 0.5) is 0 Å². The second kappa shape index (κ2) is 8.83. The fourth-order valence-electron chi connectivity index (χ4n) is 7.69. The molecule has 0 aliphatic carbocycles. The highest BCUT2D eigenvalue weighted by atomic mass is 16.3. The van der Waals surface area contributed by atoms with Gasteiger partial charge >= 0.3 is 0 Å². The topological polar surface area (TPSA) is 20.2 Å². The zero-order valence-corrected chi connectivity index (χ0v) is 21.3.